The first-order valence-electron chi connectivity index (χ1n) is 12.0. The number of likely N-dealkylation sites (tertiary alicyclic amines) is 2. The van der Waals surface area contributed by atoms with E-state index in [0.717, 1.165) is 56.7 Å². The first kappa shape index (κ1) is 22.3. The Balaban J connectivity index is 1.18. The highest BCUT2D eigenvalue weighted by Gasteiger charge is 2.31. The van der Waals surface area contributed by atoms with Crippen molar-refractivity contribution in [3.63, 3.8) is 0 Å². The zero-order valence-corrected chi connectivity index (χ0v) is 18.9. The molecule has 2 amide bonds. The Morgan fingerprint density at radius 1 is 0.781 bits per heavy atom. The number of hydrogen-bond acceptors (Lipinski definition) is 2. The summed E-state index contributed by atoms with van der Waals surface area (Å²) in [6.45, 7) is 3.11. The Morgan fingerprint density at radius 3 is 2.03 bits per heavy atom. The molecule has 2 fully saturated rings. The van der Waals surface area contributed by atoms with Gasteiger partial charge in [-0.25, -0.2) is 0 Å². The molecule has 168 valence electrons. The molecule has 0 N–H and O–H groups in total. The second kappa shape index (κ2) is 11.1. The summed E-state index contributed by atoms with van der Waals surface area (Å²) >= 11 is 0. The summed E-state index contributed by atoms with van der Waals surface area (Å²) in [4.78, 5) is 29.5. The molecule has 4 rings (SSSR count). The number of nitrogens with zero attached hydrogens (tertiary/aromatic N) is 2. The predicted molar refractivity (Wildman–Crippen MR) is 129 cm³/mol. The maximum Gasteiger partial charge on any atom is 0.246 e. The second-order valence-corrected chi connectivity index (χ2v) is 9.14. The highest BCUT2D eigenvalue weighted by Crippen LogP contribution is 2.26. The minimum Gasteiger partial charge on any atom is -0.342 e. The van der Waals surface area contributed by atoms with Crippen molar-refractivity contribution in [2.45, 2.75) is 38.5 Å². The van der Waals surface area contributed by atoms with Crippen LogP contribution in [0.2, 0.25) is 0 Å². The van der Waals surface area contributed by atoms with Crippen molar-refractivity contribution in [3.8, 4) is 0 Å². The van der Waals surface area contributed by atoms with Crippen molar-refractivity contribution in [3.05, 3.63) is 77.9 Å². The predicted octanol–water partition coefficient (Wildman–Crippen LogP) is 4.81. The maximum atomic E-state index is 13.0. The molecular weight excluding hydrogens is 396 g/mol. The number of benzene rings is 2. The van der Waals surface area contributed by atoms with Gasteiger partial charge in [-0.1, -0.05) is 60.7 Å². The third-order valence-electron chi connectivity index (χ3n) is 6.98. The Labute approximate surface area is 191 Å². The van der Waals surface area contributed by atoms with Crippen LogP contribution in [0.5, 0.6) is 0 Å². The molecule has 2 aromatic rings. The van der Waals surface area contributed by atoms with Crippen LogP contribution in [-0.4, -0.2) is 47.8 Å². The van der Waals surface area contributed by atoms with Crippen LogP contribution in [0, 0.1) is 11.8 Å². The van der Waals surface area contributed by atoms with Gasteiger partial charge in [-0.05, 0) is 61.6 Å². The van der Waals surface area contributed by atoms with E-state index >= 15 is 0 Å². The average molecular weight is 431 g/mol. The molecule has 0 aliphatic carbocycles. The topological polar surface area (TPSA) is 40.6 Å². The third-order valence-corrected chi connectivity index (χ3v) is 6.98. The highest BCUT2D eigenvalue weighted by atomic mass is 16.2. The summed E-state index contributed by atoms with van der Waals surface area (Å²) in [7, 11) is 0. The van der Waals surface area contributed by atoms with Gasteiger partial charge in [0.2, 0.25) is 11.8 Å². The van der Waals surface area contributed by atoms with Crippen LogP contribution >= 0.6 is 0 Å². The molecule has 0 atom stereocenters. The molecular formula is C28H34N2O2. The Bertz CT molecular complexity index is 894. The SMILES string of the molecule is O=C(/C=C/c1ccccc1)N1CCC(C(=O)N2CCC(CCc3ccccc3)CC2)CC1. The number of piperidine rings is 2. The summed E-state index contributed by atoms with van der Waals surface area (Å²) in [5.41, 5.74) is 2.43. The van der Waals surface area contributed by atoms with Crippen molar-refractivity contribution < 1.29 is 9.59 Å². The van der Waals surface area contributed by atoms with E-state index in [1.54, 1.807) is 6.08 Å². The molecule has 4 heteroatoms. The number of carbonyl (C=O) groups is 2. The van der Waals surface area contributed by atoms with E-state index in [2.05, 4.69) is 35.2 Å². The second-order valence-electron chi connectivity index (χ2n) is 9.14. The maximum absolute atomic E-state index is 13.0. The highest BCUT2D eigenvalue weighted by molar-refractivity contribution is 5.92. The standard InChI is InChI=1S/C28H34N2O2/c31-27(14-13-24-9-5-2-6-10-24)29-21-17-26(18-22-29)28(32)30-19-15-25(16-20-30)12-11-23-7-3-1-4-8-23/h1-10,13-14,25-26H,11-12,15-22H2/b14-13+. The van der Waals surface area contributed by atoms with Crippen molar-refractivity contribution in [2.75, 3.05) is 26.2 Å². The van der Waals surface area contributed by atoms with Gasteiger partial charge in [0.05, 0.1) is 0 Å². The molecule has 0 bridgehead atoms. The summed E-state index contributed by atoms with van der Waals surface area (Å²) in [5, 5.41) is 0. The fraction of sp³-hybridized carbons (Fsp3) is 0.429. The third kappa shape index (κ3) is 6.09. The van der Waals surface area contributed by atoms with Gasteiger partial charge in [0.25, 0.3) is 0 Å². The van der Waals surface area contributed by atoms with Crippen molar-refractivity contribution >= 4 is 17.9 Å². The molecule has 2 aliphatic rings. The summed E-state index contributed by atoms with van der Waals surface area (Å²) in [6, 6.07) is 20.5. The molecule has 0 spiro atoms. The quantitative estimate of drug-likeness (QED) is 0.617. The van der Waals surface area contributed by atoms with Gasteiger partial charge in [0.15, 0.2) is 0 Å². The number of rotatable bonds is 6. The molecule has 0 radical (unpaired) electrons. The molecule has 2 aromatic carbocycles. The van der Waals surface area contributed by atoms with Gasteiger partial charge in [-0.3, -0.25) is 9.59 Å². The van der Waals surface area contributed by atoms with E-state index < -0.39 is 0 Å². The van der Waals surface area contributed by atoms with Gasteiger partial charge in [0, 0.05) is 38.2 Å². The van der Waals surface area contributed by atoms with Gasteiger partial charge in [0.1, 0.15) is 0 Å². The van der Waals surface area contributed by atoms with Crippen LogP contribution in [0.1, 0.15) is 43.2 Å². The van der Waals surface area contributed by atoms with Crippen LogP contribution in [0.3, 0.4) is 0 Å². The summed E-state index contributed by atoms with van der Waals surface area (Å²) in [6.07, 6.45) is 9.63. The fourth-order valence-corrected chi connectivity index (χ4v) is 4.90. The number of hydrogen-bond donors (Lipinski definition) is 0. The van der Waals surface area contributed by atoms with E-state index in [9.17, 15) is 9.59 Å². The lowest BCUT2D eigenvalue weighted by molar-refractivity contribution is -0.140. The van der Waals surface area contributed by atoms with Gasteiger partial charge >= 0.3 is 0 Å². The van der Waals surface area contributed by atoms with Gasteiger partial charge in [-0.15, -0.1) is 0 Å². The van der Waals surface area contributed by atoms with E-state index in [0.29, 0.717) is 19.0 Å². The Kier molecular flexibility index (Phi) is 7.76. The average Bonchev–Trinajstić information content (AvgIpc) is 2.87. The van der Waals surface area contributed by atoms with E-state index in [4.69, 9.17) is 0 Å². The number of aryl methyl sites for hydroxylation is 1. The summed E-state index contributed by atoms with van der Waals surface area (Å²) in [5.74, 6) is 1.13. The Morgan fingerprint density at radius 2 is 1.38 bits per heavy atom. The Hall–Kier alpha value is -2.88. The molecule has 32 heavy (non-hydrogen) atoms. The van der Waals surface area contributed by atoms with Crippen molar-refractivity contribution in [1.29, 1.82) is 0 Å². The fourth-order valence-electron chi connectivity index (χ4n) is 4.90. The van der Waals surface area contributed by atoms with Crippen molar-refractivity contribution in [1.82, 2.24) is 9.80 Å². The van der Waals surface area contributed by atoms with Crippen LogP contribution in [0.25, 0.3) is 6.08 Å². The van der Waals surface area contributed by atoms with Crippen LogP contribution in [0.4, 0.5) is 0 Å². The zero-order chi connectivity index (χ0) is 22.2. The smallest absolute Gasteiger partial charge is 0.246 e. The zero-order valence-electron chi connectivity index (χ0n) is 18.9. The molecule has 0 unspecified atom stereocenters. The minimum absolute atomic E-state index is 0.0407. The molecule has 0 saturated carbocycles. The number of carbonyl (C=O) groups excluding carboxylic acids is 2. The van der Waals surface area contributed by atoms with E-state index in [1.807, 2.05) is 41.3 Å². The summed E-state index contributed by atoms with van der Waals surface area (Å²) < 4.78 is 0. The van der Waals surface area contributed by atoms with Crippen LogP contribution in [-0.2, 0) is 16.0 Å². The molecule has 0 aromatic heterocycles. The lowest BCUT2D eigenvalue weighted by Gasteiger charge is -2.37. The molecule has 2 aliphatic heterocycles. The monoisotopic (exact) mass is 430 g/mol. The van der Waals surface area contributed by atoms with Crippen molar-refractivity contribution in [2.24, 2.45) is 11.8 Å². The van der Waals surface area contributed by atoms with Gasteiger partial charge < -0.3 is 9.80 Å². The first-order valence-corrected chi connectivity index (χ1v) is 12.0. The lowest BCUT2D eigenvalue weighted by atomic mass is 9.89. The van der Waals surface area contributed by atoms with E-state index in [1.165, 1.54) is 12.0 Å². The number of amides is 2. The normalized spacial score (nSPS) is 18.2. The molecule has 4 nitrogen and oxygen atoms in total. The largest absolute Gasteiger partial charge is 0.342 e. The lowest BCUT2D eigenvalue weighted by Crippen LogP contribution is -2.46. The molecule has 2 saturated heterocycles. The minimum atomic E-state index is 0.0407. The van der Waals surface area contributed by atoms with Crippen LogP contribution < -0.4 is 0 Å². The van der Waals surface area contributed by atoms with E-state index in [-0.39, 0.29) is 11.8 Å². The van der Waals surface area contributed by atoms with Crippen LogP contribution in [0.15, 0.2) is 66.7 Å². The first-order chi connectivity index (χ1) is 15.7. The van der Waals surface area contributed by atoms with Gasteiger partial charge in [-0.2, -0.15) is 0 Å². The molecule has 2 heterocycles.